The summed E-state index contributed by atoms with van der Waals surface area (Å²) in [6.07, 6.45) is 0.561. The number of hydrogen-bond acceptors (Lipinski definition) is 5. The van der Waals surface area contributed by atoms with Crippen LogP contribution in [0.25, 0.3) is 0 Å². The van der Waals surface area contributed by atoms with Crippen LogP contribution in [0, 0.1) is 0 Å². The topological polar surface area (TPSA) is 80.8 Å². The first-order valence-corrected chi connectivity index (χ1v) is 12.9. The minimum Gasteiger partial charge on any atom is -0.451 e. The summed E-state index contributed by atoms with van der Waals surface area (Å²) in [5.41, 5.74) is 2.17. The Kier molecular flexibility index (Phi) is 6.18. The highest BCUT2D eigenvalue weighted by molar-refractivity contribution is 7.87. The van der Waals surface area contributed by atoms with Crippen LogP contribution in [0.3, 0.4) is 0 Å². The zero-order chi connectivity index (χ0) is 25.4. The molecule has 0 spiro atoms. The molecule has 5 rings (SSSR count). The van der Waals surface area contributed by atoms with Gasteiger partial charge in [-0.1, -0.05) is 91.0 Å². The zero-order valence-electron chi connectivity index (χ0n) is 19.9. The molecule has 36 heavy (non-hydrogen) atoms. The summed E-state index contributed by atoms with van der Waals surface area (Å²) in [6, 6.07) is 26.2. The highest BCUT2D eigenvalue weighted by atomic mass is 32.2. The number of carbonyl (C=O) groups excluding carboxylic acids is 3. The Morgan fingerprint density at radius 1 is 0.889 bits per heavy atom. The molecule has 7 heteroatoms. The highest BCUT2D eigenvalue weighted by Gasteiger charge is 2.66. The van der Waals surface area contributed by atoms with Crippen molar-refractivity contribution >= 4 is 28.5 Å². The van der Waals surface area contributed by atoms with Crippen LogP contribution in [0.15, 0.2) is 103 Å². The first-order chi connectivity index (χ1) is 17.3. The molecule has 6 nitrogen and oxygen atoms in total. The number of allylic oxidation sites excluding steroid dienone is 1. The van der Waals surface area contributed by atoms with E-state index < -0.39 is 44.9 Å². The Bertz CT molecular complexity index is 1330. The van der Waals surface area contributed by atoms with Gasteiger partial charge >= 0.3 is 5.97 Å². The summed E-state index contributed by atoms with van der Waals surface area (Å²) in [5.74, 6) is -1.44. The van der Waals surface area contributed by atoms with E-state index in [1.54, 1.807) is 44.2 Å². The van der Waals surface area contributed by atoms with Crippen molar-refractivity contribution in [3.05, 3.63) is 119 Å². The number of fused-ring (bicyclic) bond motifs is 1. The molecule has 3 aromatic rings. The van der Waals surface area contributed by atoms with E-state index in [0.717, 1.165) is 11.1 Å². The van der Waals surface area contributed by atoms with Gasteiger partial charge in [0.25, 0.3) is 5.91 Å². The van der Waals surface area contributed by atoms with Crippen LogP contribution in [0.4, 0.5) is 0 Å². The van der Waals surface area contributed by atoms with Gasteiger partial charge in [0.2, 0.25) is 0 Å². The van der Waals surface area contributed by atoms with E-state index in [1.165, 1.54) is 11.0 Å². The highest BCUT2D eigenvalue weighted by Crippen LogP contribution is 2.47. The minimum absolute atomic E-state index is 0.160. The summed E-state index contributed by atoms with van der Waals surface area (Å²) in [7, 11) is -1.62. The van der Waals surface area contributed by atoms with Crippen molar-refractivity contribution in [1.29, 1.82) is 0 Å². The zero-order valence-corrected chi connectivity index (χ0v) is 20.7. The number of esters is 1. The molecule has 2 saturated heterocycles. The average molecular weight is 500 g/mol. The van der Waals surface area contributed by atoms with Gasteiger partial charge in [-0.2, -0.15) is 0 Å². The standard InChI is InChI=1S/C29H25NO5S/c1-29(2)25(28(33)35-24(20-14-8-4-9-15-20)21-16-10-5-11-17-21)30-26(32)22(27(30)36(29)34)18-23(31)19-12-6-3-7-13-19/h3-18,24-25,27H,1-2H3/b22-18-/t25-,27+,36?/m0/s1. The number of hydrogen-bond donors (Lipinski definition) is 0. The van der Waals surface area contributed by atoms with Crippen molar-refractivity contribution in [3.63, 3.8) is 0 Å². The maximum absolute atomic E-state index is 13.6. The predicted molar refractivity (Wildman–Crippen MR) is 136 cm³/mol. The molecule has 2 aliphatic rings. The van der Waals surface area contributed by atoms with Gasteiger partial charge in [-0.05, 0) is 31.1 Å². The second-order valence-corrected chi connectivity index (χ2v) is 11.4. The quantitative estimate of drug-likeness (QED) is 0.220. The third-order valence-electron chi connectivity index (χ3n) is 6.66. The molecular weight excluding hydrogens is 474 g/mol. The molecule has 0 aliphatic carbocycles. The predicted octanol–water partition coefficient (Wildman–Crippen LogP) is 4.21. The number of β-lactam (4-membered cyclic amide) rings is 1. The van der Waals surface area contributed by atoms with E-state index >= 15 is 0 Å². The van der Waals surface area contributed by atoms with E-state index in [0.29, 0.717) is 5.56 Å². The molecule has 2 aliphatic heterocycles. The van der Waals surface area contributed by atoms with Crippen molar-refractivity contribution in [3.8, 4) is 0 Å². The van der Waals surface area contributed by atoms with Gasteiger partial charge in [-0.25, -0.2) is 4.79 Å². The van der Waals surface area contributed by atoms with Crippen LogP contribution < -0.4 is 0 Å². The third kappa shape index (κ3) is 3.99. The van der Waals surface area contributed by atoms with E-state index in [2.05, 4.69) is 0 Å². The molecule has 3 atom stereocenters. The Balaban J connectivity index is 1.44. The van der Waals surface area contributed by atoms with Crippen LogP contribution in [0.5, 0.6) is 0 Å². The monoisotopic (exact) mass is 499 g/mol. The van der Waals surface area contributed by atoms with Crippen molar-refractivity contribution in [2.45, 2.75) is 36.1 Å². The Labute approximate surface area is 212 Å². The van der Waals surface area contributed by atoms with Gasteiger partial charge in [0.05, 0.1) is 21.1 Å². The molecule has 0 aromatic heterocycles. The molecule has 2 fully saturated rings. The van der Waals surface area contributed by atoms with Crippen LogP contribution in [0.1, 0.15) is 41.4 Å². The molecular formula is C29H25NO5S. The smallest absolute Gasteiger partial charge is 0.331 e. The van der Waals surface area contributed by atoms with Gasteiger partial charge in [0.15, 0.2) is 11.9 Å². The Morgan fingerprint density at radius 2 is 1.39 bits per heavy atom. The molecule has 0 N–H and O–H groups in total. The molecule has 1 unspecified atom stereocenters. The largest absolute Gasteiger partial charge is 0.451 e. The average Bonchev–Trinajstić information content (AvgIpc) is 3.10. The van der Waals surface area contributed by atoms with Crippen molar-refractivity contribution in [1.82, 2.24) is 4.90 Å². The van der Waals surface area contributed by atoms with Gasteiger partial charge in [0, 0.05) is 5.56 Å². The molecule has 182 valence electrons. The molecule has 1 amide bonds. The maximum atomic E-state index is 13.6. The molecule has 0 bridgehead atoms. The van der Waals surface area contributed by atoms with Crippen LogP contribution >= 0.6 is 0 Å². The molecule has 2 heterocycles. The third-order valence-corrected chi connectivity index (χ3v) is 8.81. The second kappa shape index (κ2) is 9.32. The van der Waals surface area contributed by atoms with Gasteiger partial charge in [-0.3, -0.25) is 13.8 Å². The lowest BCUT2D eigenvalue weighted by Crippen LogP contribution is -2.59. The first-order valence-electron chi connectivity index (χ1n) is 11.7. The lowest BCUT2D eigenvalue weighted by Gasteiger charge is -2.39. The minimum atomic E-state index is -1.62. The number of carbonyl (C=O) groups is 3. The van der Waals surface area contributed by atoms with E-state index in [4.69, 9.17) is 4.74 Å². The van der Waals surface area contributed by atoms with E-state index in [9.17, 15) is 18.6 Å². The Hall–Kier alpha value is -3.84. The van der Waals surface area contributed by atoms with E-state index in [-0.39, 0.29) is 11.4 Å². The normalized spacial score (nSPS) is 23.3. The fraction of sp³-hybridized carbons (Fsp3) is 0.207. The summed E-state index contributed by atoms with van der Waals surface area (Å²) in [5, 5.41) is -0.829. The van der Waals surface area contributed by atoms with Crippen LogP contribution in [0.2, 0.25) is 0 Å². The number of ether oxygens (including phenoxy) is 1. The summed E-state index contributed by atoms with van der Waals surface area (Å²) < 4.78 is 18.4. The summed E-state index contributed by atoms with van der Waals surface area (Å²) in [4.78, 5) is 40.8. The summed E-state index contributed by atoms with van der Waals surface area (Å²) >= 11 is 0. The van der Waals surface area contributed by atoms with Crippen LogP contribution in [-0.4, -0.2) is 42.9 Å². The fourth-order valence-electron chi connectivity index (χ4n) is 4.77. The number of nitrogens with zero attached hydrogens (tertiary/aromatic N) is 1. The number of ketones is 1. The number of benzene rings is 3. The van der Waals surface area contributed by atoms with E-state index in [1.807, 2.05) is 60.7 Å². The first kappa shape index (κ1) is 23.9. The Morgan fingerprint density at radius 3 is 1.92 bits per heavy atom. The summed E-state index contributed by atoms with van der Waals surface area (Å²) in [6.45, 7) is 3.38. The maximum Gasteiger partial charge on any atom is 0.331 e. The number of rotatable bonds is 6. The van der Waals surface area contributed by atoms with Gasteiger partial charge in [0.1, 0.15) is 11.4 Å². The number of amides is 1. The SMILES string of the molecule is CC1(C)[C@H](C(=O)OC(c2ccccc2)c2ccccc2)N2C(=O)/C(=C/C(=O)c3ccccc3)[C@H]2S1=O. The van der Waals surface area contributed by atoms with Gasteiger partial charge < -0.3 is 9.64 Å². The lowest BCUT2D eigenvalue weighted by molar-refractivity contribution is -0.160. The molecule has 0 radical (unpaired) electrons. The van der Waals surface area contributed by atoms with Crippen LogP contribution in [-0.2, 0) is 25.1 Å². The second-order valence-electron chi connectivity index (χ2n) is 9.34. The fourth-order valence-corrected chi connectivity index (χ4v) is 6.60. The lowest BCUT2D eigenvalue weighted by atomic mass is 9.94. The molecule has 3 aromatic carbocycles. The van der Waals surface area contributed by atoms with Crippen molar-refractivity contribution in [2.24, 2.45) is 0 Å². The molecule has 0 saturated carbocycles. The van der Waals surface area contributed by atoms with Crippen molar-refractivity contribution in [2.75, 3.05) is 0 Å². The van der Waals surface area contributed by atoms with Gasteiger partial charge in [-0.15, -0.1) is 0 Å². The van der Waals surface area contributed by atoms with Crippen molar-refractivity contribution < 1.29 is 23.3 Å².